The van der Waals surface area contributed by atoms with E-state index in [1.165, 1.54) is 0 Å². The lowest BCUT2D eigenvalue weighted by molar-refractivity contribution is 0.0997. The topological polar surface area (TPSA) is 30.0 Å². The van der Waals surface area contributed by atoms with Gasteiger partial charge in [-0.25, -0.2) is 0 Å². The van der Waals surface area contributed by atoms with Crippen LogP contribution >= 0.6 is 0 Å². The van der Waals surface area contributed by atoms with Gasteiger partial charge in [-0.05, 0) is 11.5 Å². The van der Waals surface area contributed by atoms with Crippen LogP contribution in [0.25, 0.3) is 10.8 Å². The zero-order valence-electron chi connectivity index (χ0n) is 8.31. The minimum Gasteiger partial charge on any atom is -0.294 e. The Kier molecular flexibility index (Phi) is 2.59. The minimum absolute atomic E-state index is 0.0989. The molecule has 0 spiro atoms. The number of pyridine rings is 1. The normalized spacial score (nSPS) is 10.1. The van der Waals surface area contributed by atoms with Gasteiger partial charge in [0.1, 0.15) is 0 Å². The van der Waals surface area contributed by atoms with Crippen molar-refractivity contribution in [2.45, 2.75) is 6.42 Å². The van der Waals surface area contributed by atoms with Gasteiger partial charge in [0, 0.05) is 29.8 Å². The fourth-order valence-electron chi connectivity index (χ4n) is 1.61. The maximum atomic E-state index is 11.8. The standard InChI is InChI=1S/C13H11NO/c1-2-4-13(15)12-6-3-5-10-9-14-8-7-11(10)12/h2-3,5-9H,1,4H2. The molecule has 0 saturated carbocycles. The number of rotatable bonds is 3. The van der Waals surface area contributed by atoms with Crippen LogP contribution in [-0.4, -0.2) is 10.8 Å². The molecule has 2 rings (SSSR count). The molecule has 2 aromatic rings. The Bertz CT molecular complexity index is 511. The molecule has 2 nitrogen and oxygen atoms in total. The van der Waals surface area contributed by atoms with Crippen LogP contribution in [0.3, 0.4) is 0 Å². The lowest BCUT2D eigenvalue weighted by atomic mass is 10.0. The Morgan fingerprint density at radius 1 is 1.40 bits per heavy atom. The highest BCUT2D eigenvalue weighted by Gasteiger charge is 2.07. The highest BCUT2D eigenvalue weighted by Crippen LogP contribution is 2.18. The molecule has 0 aliphatic rings. The fraction of sp³-hybridized carbons (Fsp3) is 0.0769. The third-order valence-corrected chi connectivity index (χ3v) is 2.31. The summed E-state index contributed by atoms with van der Waals surface area (Å²) in [6.07, 6.45) is 5.47. The maximum Gasteiger partial charge on any atom is 0.167 e. The van der Waals surface area contributed by atoms with Crippen LogP contribution in [0.4, 0.5) is 0 Å². The van der Waals surface area contributed by atoms with Gasteiger partial charge in [-0.2, -0.15) is 0 Å². The SMILES string of the molecule is C=CCC(=O)c1cccc2cnccc12. The summed E-state index contributed by atoms with van der Waals surface area (Å²) in [5.74, 6) is 0.0989. The molecule has 0 amide bonds. The molecular weight excluding hydrogens is 186 g/mol. The van der Waals surface area contributed by atoms with E-state index in [-0.39, 0.29) is 5.78 Å². The van der Waals surface area contributed by atoms with Crippen LogP contribution in [0, 0.1) is 0 Å². The van der Waals surface area contributed by atoms with Gasteiger partial charge in [-0.3, -0.25) is 9.78 Å². The van der Waals surface area contributed by atoms with Gasteiger partial charge in [0.15, 0.2) is 5.78 Å². The van der Waals surface area contributed by atoms with Crippen LogP contribution in [0.15, 0.2) is 49.3 Å². The van der Waals surface area contributed by atoms with E-state index in [1.54, 1.807) is 18.5 Å². The van der Waals surface area contributed by atoms with Crippen LogP contribution in [0.5, 0.6) is 0 Å². The van der Waals surface area contributed by atoms with E-state index in [9.17, 15) is 4.79 Å². The molecule has 0 fully saturated rings. The van der Waals surface area contributed by atoms with E-state index in [4.69, 9.17) is 0 Å². The van der Waals surface area contributed by atoms with Crippen molar-refractivity contribution in [1.82, 2.24) is 4.98 Å². The van der Waals surface area contributed by atoms with Gasteiger partial charge in [0.2, 0.25) is 0 Å². The third kappa shape index (κ3) is 1.79. The lowest BCUT2D eigenvalue weighted by Gasteiger charge is -2.03. The predicted molar refractivity (Wildman–Crippen MR) is 60.9 cm³/mol. The van der Waals surface area contributed by atoms with Crippen molar-refractivity contribution in [2.24, 2.45) is 0 Å². The molecule has 2 heteroatoms. The summed E-state index contributed by atoms with van der Waals surface area (Å²) in [4.78, 5) is 15.8. The Morgan fingerprint density at radius 3 is 3.07 bits per heavy atom. The number of benzene rings is 1. The number of hydrogen-bond donors (Lipinski definition) is 0. The van der Waals surface area contributed by atoms with E-state index in [0.29, 0.717) is 6.42 Å². The molecule has 0 aliphatic heterocycles. The summed E-state index contributed by atoms with van der Waals surface area (Å²) in [5, 5.41) is 1.95. The monoisotopic (exact) mass is 197 g/mol. The second-order valence-corrected chi connectivity index (χ2v) is 3.32. The molecular formula is C13H11NO. The number of allylic oxidation sites excluding steroid dienone is 1. The van der Waals surface area contributed by atoms with Crippen molar-refractivity contribution in [2.75, 3.05) is 0 Å². The molecule has 74 valence electrons. The number of fused-ring (bicyclic) bond motifs is 1. The summed E-state index contributed by atoms with van der Waals surface area (Å²) >= 11 is 0. The highest BCUT2D eigenvalue weighted by molar-refractivity contribution is 6.08. The van der Waals surface area contributed by atoms with E-state index in [1.807, 2.05) is 24.3 Å². The van der Waals surface area contributed by atoms with Crippen molar-refractivity contribution in [3.63, 3.8) is 0 Å². The van der Waals surface area contributed by atoms with Gasteiger partial charge < -0.3 is 0 Å². The molecule has 0 radical (unpaired) electrons. The summed E-state index contributed by atoms with van der Waals surface area (Å²) in [6.45, 7) is 3.57. The molecule has 0 N–H and O–H groups in total. The van der Waals surface area contributed by atoms with Crippen molar-refractivity contribution in [3.8, 4) is 0 Å². The number of nitrogens with zero attached hydrogens (tertiary/aromatic N) is 1. The number of Topliss-reactive ketones (excluding diaryl/α,β-unsaturated/α-hetero) is 1. The van der Waals surface area contributed by atoms with Gasteiger partial charge in [-0.15, -0.1) is 6.58 Å². The average Bonchev–Trinajstić information content (AvgIpc) is 2.28. The van der Waals surface area contributed by atoms with Gasteiger partial charge in [-0.1, -0.05) is 24.3 Å². The summed E-state index contributed by atoms with van der Waals surface area (Å²) in [5.41, 5.74) is 0.745. The number of aromatic nitrogens is 1. The van der Waals surface area contributed by atoms with Gasteiger partial charge in [0.05, 0.1) is 0 Å². The van der Waals surface area contributed by atoms with Gasteiger partial charge in [0.25, 0.3) is 0 Å². The van der Waals surface area contributed by atoms with Crippen molar-refractivity contribution >= 4 is 16.6 Å². The van der Waals surface area contributed by atoms with E-state index >= 15 is 0 Å². The molecule has 0 bridgehead atoms. The molecule has 0 unspecified atom stereocenters. The molecule has 1 aromatic carbocycles. The van der Waals surface area contributed by atoms with E-state index in [0.717, 1.165) is 16.3 Å². The smallest absolute Gasteiger partial charge is 0.167 e. The molecule has 1 aromatic heterocycles. The summed E-state index contributed by atoms with van der Waals surface area (Å²) < 4.78 is 0. The predicted octanol–water partition coefficient (Wildman–Crippen LogP) is 2.99. The first-order chi connectivity index (χ1) is 7.33. The largest absolute Gasteiger partial charge is 0.294 e. The van der Waals surface area contributed by atoms with E-state index < -0.39 is 0 Å². The van der Waals surface area contributed by atoms with Crippen LogP contribution in [-0.2, 0) is 0 Å². The first kappa shape index (κ1) is 9.59. The van der Waals surface area contributed by atoms with Crippen LogP contribution < -0.4 is 0 Å². The first-order valence-corrected chi connectivity index (χ1v) is 4.80. The van der Waals surface area contributed by atoms with Crippen LogP contribution in [0.2, 0.25) is 0 Å². The molecule has 1 heterocycles. The summed E-state index contributed by atoms with van der Waals surface area (Å²) in [7, 11) is 0. The Morgan fingerprint density at radius 2 is 2.27 bits per heavy atom. The highest BCUT2D eigenvalue weighted by atomic mass is 16.1. The zero-order valence-corrected chi connectivity index (χ0v) is 8.31. The van der Waals surface area contributed by atoms with Gasteiger partial charge >= 0.3 is 0 Å². The van der Waals surface area contributed by atoms with Crippen molar-refractivity contribution < 1.29 is 4.79 Å². The van der Waals surface area contributed by atoms with Crippen molar-refractivity contribution in [1.29, 1.82) is 0 Å². The summed E-state index contributed by atoms with van der Waals surface area (Å²) in [6, 6.07) is 7.53. The number of carbonyl (C=O) groups excluding carboxylic acids is 1. The van der Waals surface area contributed by atoms with Crippen LogP contribution in [0.1, 0.15) is 16.8 Å². The van der Waals surface area contributed by atoms with Crippen molar-refractivity contribution in [3.05, 3.63) is 54.9 Å². The Labute approximate surface area is 88.3 Å². The maximum absolute atomic E-state index is 11.8. The second-order valence-electron chi connectivity index (χ2n) is 3.32. The fourth-order valence-corrected chi connectivity index (χ4v) is 1.61. The molecule has 15 heavy (non-hydrogen) atoms. The number of hydrogen-bond acceptors (Lipinski definition) is 2. The Hall–Kier alpha value is -1.96. The average molecular weight is 197 g/mol. The lowest BCUT2D eigenvalue weighted by Crippen LogP contribution is -1.97. The molecule has 0 atom stereocenters. The zero-order chi connectivity index (χ0) is 10.7. The third-order valence-electron chi connectivity index (χ3n) is 2.31. The first-order valence-electron chi connectivity index (χ1n) is 4.80. The quantitative estimate of drug-likeness (QED) is 0.559. The molecule has 0 aliphatic carbocycles. The number of carbonyl (C=O) groups is 1. The Balaban J connectivity index is 2.60. The second kappa shape index (κ2) is 4.05. The minimum atomic E-state index is 0.0989. The van der Waals surface area contributed by atoms with E-state index in [2.05, 4.69) is 11.6 Å². The number of ketones is 1. The molecule has 0 saturated heterocycles.